The first-order chi connectivity index (χ1) is 18.2. The van der Waals surface area contributed by atoms with Gasteiger partial charge in [-0.1, -0.05) is 12.1 Å². The van der Waals surface area contributed by atoms with E-state index in [4.69, 9.17) is 10.1 Å². The summed E-state index contributed by atoms with van der Waals surface area (Å²) in [5.41, 5.74) is 5.59. The van der Waals surface area contributed by atoms with E-state index in [2.05, 4.69) is 15.2 Å². The van der Waals surface area contributed by atoms with Crippen LogP contribution in [0.1, 0.15) is 0 Å². The second-order valence-electron chi connectivity index (χ2n) is 9.18. The number of piperazine rings is 1. The molecule has 0 saturated carbocycles. The van der Waals surface area contributed by atoms with Crippen molar-refractivity contribution in [1.29, 1.82) is 0 Å². The monoisotopic (exact) mass is 496 g/mol. The minimum atomic E-state index is -0.314. The normalized spacial score (nSPS) is 14.3. The molecule has 1 fully saturated rings. The number of hydrogen-bond donors (Lipinski definition) is 1. The zero-order valence-electron chi connectivity index (χ0n) is 20.2. The summed E-state index contributed by atoms with van der Waals surface area (Å²) in [4.78, 5) is 11.6. The highest BCUT2D eigenvalue weighted by Crippen LogP contribution is 2.42. The van der Waals surface area contributed by atoms with Gasteiger partial charge in [-0.25, -0.2) is 13.8 Å². The smallest absolute Gasteiger partial charge is 0.182 e. The molecule has 1 saturated heterocycles. The number of fused-ring (bicyclic) bond motifs is 1. The van der Waals surface area contributed by atoms with Gasteiger partial charge < -0.3 is 5.32 Å². The quantitative estimate of drug-likeness (QED) is 0.358. The number of rotatable bonds is 6. The van der Waals surface area contributed by atoms with E-state index in [1.54, 1.807) is 36.7 Å². The van der Waals surface area contributed by atoms with Crippen LogP contribution in [0.5, 0.6) is 0 Å². The van der Waals surface area contributed by atoms with Gasteiger partial charge in [-0.15, -0.1) is 0 Å². The largest absolute Gasteiger partial charge is 0.314 e. The highest BCUT2D eigenvalue weighted by atomic mass is 19.1. The van der Waals surface area contributed by atoms with Gasteiger partial charge in [0.1, 0.15) is 11.6 Å². The number of benzene rings is 2. The lowest BCUT2D eigenvalue weighted by molar-refractivity contribution is 0.229. The van der Waals surface area contributed by atoms with Crippen molar-refractivity contribution in [3.8, 4) is 33.5 Å². The third kappa shape index (κ3) is 4.85. The van der Waals surface area contributed by atoms with Gasteiger partial charge in [0.2, 0.25) is 0 Å². The minimum Gasteiger partial charge on any atom is -0.314 e. The molecule has 2 aromatic carbocycles. The molecule has 0 aliphatic carbocycles. The van der Waals surface area contributed by atoms with Gasteiger partial charge in [0.25, 0.3) is 0 Å². The summed E-state index contributed by atoms with van der Waals surface area (Å²) in [5, 5.41) is 9.10. The van der Waals surface area contributed by atoms with Crippen molar-refractivity contribution in [3.05, 3.63) is 90.9 Å². The van der Waals surface area contributed by atoms with Crippen LogP contribution >= 0.6 is 0 Å². The van der Waals surface area contributed by atoms with E-state index in [9.17, 15) is 8.78 Å². The summed E-state index contributed by atoms with van der Waals surface area (Å²) in [6, 6.07) is 16.7. The first-order valence-electron chi connectivity index (χ1n) is 12.4. The number of halogens is 2. The van der Waals surface area contributed by atoms with Crippen LogP contribution in [-0.2, 0) is 6.54 Å². The van der Waals surface area contributed by atoms with Crippen molar-refractivity contribution >= 4 is 11.0 Å². The van der Waals surface area contributed by atoms with Crippen LogP contribution in [0.25, 0.3) is 44.5 Å². The van der Waals surface area contributed by atoms with Crippen LogP contribution in [-0.4, -0.2) is 57.4 Å². The maximum Gasteiger partial charge on any atom is 0.182 e. The predicted molar refractivity (Wildman–Crippen MR) is 141 cm³/mol. The topological polar surface area (TPSA) is 58.9 Å². The zero-order chi connectivity index (χ0) is 25.2. The van der Waals surface area contributed by atoms with E-state index in [-0.39, 0.29) is 11.6 Å². The van der Waals surface area contributed by atoms with Crippen molar-refractivity contribution < 1.29 is 8.78 Å². The first kappa shape index (κ1) is 23.4. The Hall–Kier alpha value is -4.01. The van der Waals surface area contributed by atoms with Gasteiger partial charge in [0.15, 0.2) is 5.65 Å². The van der Waals surface area contributed by atoms with Gasteiger partial charge in [0.05, 0.1) is 12.2 Å². The molecular weight excluding hydrogens is 470 g/mol. The standard InChI is InChI=1S/C29H26F2N6/c30-23-5-1-20(2-6-23)26-25-19-37(18-17-36-15-13-33-14-16-36)35-29(25)34-28(22-3-7-24(31)8-4-22)27(26)21-9-11-32-12-10-21/h1-12,19,33H,13-18H2. The summed E-state index contributed by atoms with van der Waals surface area (Å²) < 4.78 is 29.7. The maximum absolute atomic E-state index is 13.9. The van der Waals surface area contributed by atoms with Crippen LogP contribution in [0.4, 0.5) is 8.78 Å². The Morgan fingerprint density at radius 1 is 0.730 bits per heavy atom. The van der Waals surface area contributed by atoms with Gasteiger partial charge in [-0.2, -0.15) is 5.10 Å². The molecule has 0 atom stereocenters. The van der Waals surface area contributed by atoms with Crippen LogP contribution < -0.4 is 5.32 Å². The van der Waals surface area contributed by atoms with E-state index in [0.717, 1.165) is 72.5 Å². The fourth-order valence-corrected chi connectivity index (χ4v) is 4.91. The lowest BCUT2D eigenvalue weighted by Gasteiger charge is -2.26. The lowest BCUT2D eigenvalue weighted by Crippen LogP contribution is -2.44. The molecule has 0 radical (unpaired) electrons. The highest BCUT2D eigenvalue weighted by molar-refractivity contribution is 6.05. The second kappa shape index (κ2) is 10.2. The van der Waals surface area contributed by atoms with Crippen LogP contribution in [0, 0.1) is 11.6 Å². The summed E-state index contributed by atoms with van der Waals surface area (Å²) in [6.45, 7) is 5.64. The van der Waals surface area contributed by atoms with Crippen molar-refractivity contribution in [3.63, 3.8) is 0 Å². The Balaban J connectivity index is 1.56. The van der Waals surface area contributed by atoms with Crippen molar-refractivity contribution in [2.24, 2.45) is 0 Å². The lowest BCUT2D eigenvalue weighted by atomic mass is 9.90. The molecule has 1 aliphatic heterocycles. The molecule has 3 aromatic heterocycles. The van der Waals surface area contributed by atoms with Crippen molar-refractivity contribution in [2.75, 3.05) is 32.7 Å². The predicted octanol–water partition coefficient (Wildman–Crippen LogP) is 5.01. The molecule has 0 bridgehead atoms. The molecule has 37 heavy (non-hydrogen) atoms. The molecule has 186 valence electrons. The molecule has 8 heteroatoms. The fourth-order valence-electron chi connectivity index (χ4n) is 4.91. The molecular formula is C29H26F2N6. The molecule has 4 heterocycles. The van der Waals surface area contributed by atoms with Crippen LogP contribution in [0.2, 0.25) is 0 Å². The van der Waals surface area contributed by atoms with Crippen molar-refractivity contribution in [1.82, 2.24) is 30.0 Å². The Morgan fingerprint density at radius 3 is 2.03 bits per heavy atom. The molecule has 1 N–H and O–H groups in total. The Labute approximate surface area is 213 Å². The summed E-state index contributed by atoms with van der Waals surface area (Å²) in [5.74, 6) is -0.615. The fraction of sp³-hybridized carbons (Fsp3) is 0.207. The van der Waals surface area contributed by atoms with E-state index >= 15 is 0 Å². The number of nitrogens with one attached hydrogen (secondary N) is 1. The molecule has 0 amide bonds. The molecule has 6 nitrogen and oxygen atoms in total. The first-order valence-corrected chi connectivity index (χ1v) is 12.4. The van der Waals surface area contributed by atoms with E-state index in [1.807, 2.05) is 23.0 Å². The van der Waals surface area contributed by atoms with Crippen molar-refractivity contribution in [2.45, 2.75) is 6.54 Å². The highest BCUT2D eigenvalue weighted by Gasteiger charge is 2.22. The zero-order valence-corrected chi connectivity index (χ0v) is 20.2. The van der Waals surface area contributed by atoms with E-state index in [0.29, 0.717) is 11.3 Å². The summed E-state index contributed by atoms with van der Waals surface area (Å²) in [6.07, 6.45) is 5.50. The van der Waals surface area contributed by atoms with Gasteiger partial charge in [-0.05, 0) is 59.7 Å². The SMILES string of the molecule is Fc1ccc(-c2nc3nn(CCN4CCNCC4)cc3c(-c3ccc(F)cc3)c2-c2ccncc2)cc1. The molecule has 6 rings (SSSR count). The molecule has 0 spiro atoms. The second-order valence-corrected chi connectivity index (χ2v) is 9.18. The molecule has 0 unspecified atom stereocenters. The number of aromatic nitrogens is 4. The molecule has 1 aliphatic rings. The Morgan fingerprint density at radius 2 is 1.35 bits per heavy atom. The number of pyridine rings is 2. The average molecular weight is 497 g/mol. The van der Waals surface area contributed by atoms with Gasteiger partial charge in [0, 0.05) is 73.4 Å². The van der Waals surface area contributed by atoms with E-state index < -0.39 is 0 Å². The summed E-state index contributed by atoms with van der Waals surface area (Å²) in [7, 11) is 0. The van der Waals surface area contributed by atoms with Crippen LogP contribution in [0.15, 0.2) is 79.3 Å². The van der Waals surface area contributed by atoms with Gasteiger partial charge >= 0.3 is 0 Å². The van der Waals surface area contributed by atoms with Gasteiger partial charge in [-0.3, -0.25) is 14.6 Å². The molecule has 5 aromatic rings. The minimum absolute atomic E-state index is 0.301. The third-order valence-electron chi connectivity index (χ3n) is 6.79. The Kier molecular flexibility index (Phi) is 6.42. The number of nitrogens with zero attached hydrogens (tertiary/aromatic N) is 5. The third-order valence-corrected chi connectivity index (χ3v) is 6.79. The van der Waals surface area contributed by atoms with Crippen LogP contribution in [0.3, 0.4) is 0 Å². The number of hydrogen-bond acceptors (Lipinski definition) is 5. The Bertz CT molecular complexity index is 1510. The summed E-state index contributed by atoms with van der Waals surface area (Å²) >= 11 is 0. The maximum atomic E-state index is 13.9. The average Bonchev–Trinajstić information content (AvgIpc) is 3.36. The van der Waals surface area contributed by atoms with E-state index in [1.165, 1.54) is 24.3 Å².